The number of nitrogens with one attached hydrogen (secondary N) is 1. The maximum Gasteiger partial charge on any atom is 0.263 e. The molecule has 0 aliphatic carbocycles. The van der Waals surface area contributed by atoms with E-state index >= 15 is 0 Å². The summed E-state index contributed by atoms with van der Waals surface area (Å²) in [5.74, 6) is -0.128. The van der Waals surface area contributed by atoms with Crippen molar-refractivity contribution in [2.45, 2.75) is 40.7 Å². The average molecular weight is 432 g/mol. The highest BCUT2D eigenvalue weighted by atomic mass is 32.1. The summed E-state index contributed by atoms with van der Waals surface area (Å²) in [5.41, 5.74) is 6.73. The predicted molar refractivity (Wildman–Crippen MR) is 124 cm³/mol. The van der Waals surface area contributed by atoms with Gasteiger partial charge in [0.1, 0.15) is 15.6 Å². The molecular formula is C24H25N5OS. The molecule has 0 spiro atoms. The minimum atomic E-state index is -0.128. The van der Waals surface area contributed by atoms with Crippen LogP contribution in [-0.4, -0.2) is 25.9 Å². The van der Waals surface area contributed by atoms with Gasteiger partial charge in [0.2, 0.25) is 0 Å². The second-order valence-electron chi connectivity index (χ2n) is 7.74. The van der Waals surface area contributed by atoms with E-state index in [1.54, 1.807) is 0 Å². The van der Waals surface area contributed by atoms with Gasteiger partial charge in [0.25, 0.3) is 5.91 Å². The topological polar surface area (TPSA) is 72.7 Å². The number of carbonyl (C=O) groups is 1. The third kappa shape index (κ3) is 4.14. The van der Waals surface area contributed by atoms with E-state index in [0.717, 1.165) is 16.9 Å². The van der Waals surface area contributed by atoms with Gasteiger partial charge < -0.3 is 5.32 Å². The lowest BCUT2D eigenvalue weighted by atomic mass is 10.1. The van der Waals surface area contributed by atoms with Crippen molar-refractivity contribution in [2.24, 2.45) is 0 Å². The van der Waals surface area contributed by atoms with Gasteiger partial charge in [-0.05, 0) is 63.4 Å². The SMILES string of the molecule is Cc1ccc(-n2nnc(-c3nc(C)c(C(=O)NC(C)c4ccccc4)s3)c2C)cc1C. The Morgan fingerprint density at radius 3 is 2.48 bits per heavy atom. The van der Waals surface area contributed by atoms with Crippen LogP contribution in [0.15, 0.2) is 48.5 Å². The van der Waals surface area contributed by atoms with Gasteiger partial charge in [-0.2, -0.15) is 0 Å². The van der Waals surface area contributed by atoms with Gasteiger partial charge in [0.15, 0.2) is 0 Å². The Bertz CT molecular complexity index is 1240. The molecule has 1 atom stereocenters. The molecule has 1 N–H and O–H groups in total. The molecule has 2 aromatic heterocycles. The number of thiazole rings is 1. The lowest BCUT2D eigenvalue weighted by Gasteiger charge is -2.13. The predicted octanol–water partition coefficient (Wildman–Crippen LogP) is 5.12. The van der Waals surface area contributed by atoms with Crippen LogP contribution in [-0.2, 0) is 0 Å². The Labute approximate surface area is 186 Å². The number of hydrogen-bond acceptors (Lipinski definition) is 5. The zero-order valence-corrected chi connectivity index (χ0v) is 19.1. The highest BCUT2D eigenvalue weighted by Gasteiger charge is 2.22. The van der Waals surface area contributed by atoms with E-state index in [0.29, 0.717) is 21.3 Å². The quantitative estimate of drug-likeness (QED) is 0.476. The average Bonchev–Trinajstić information content (AvgIpc) is 3.33. The summed E-state index contributed by atoms with van der Waals surface area (Å²) < 4.78 is 1.82. The van der Waals surface area contributed by atoms with E-state index in [9.17, 15) is 4.79 Å². The maximum absolute atomic E-state index is 12.9. The summed E-state index contributed by atoms with van der Waals surface area (Å²) in [4.78, 5) is 18.1. The van der Waals surface area contributed by atoms with Crippen molar-refractivity contribution in [1.29, 1.82) is 0 Å². The highest BCUT2D eigenvalue weighted by molar-refractivity contribution is 7.17. The van der Waals surface area contributed by atoms with Crippen molar-refractivity contribution in [2.75, 3.05) is 0 Å². The molecule has 158 valence electrons. The molecule has 31 heavy (non-hydrogen) atoms. The Hall–Kier alpha value is -3.32. The second-order valence-corrected chi connectivity index (χ2v) is 8.74. The fraction of sp³-hybridized carbons (Fsp3) is 0.250. The molecule has 0 saturated heterocycles. The zero-order valence-electron chi connectivity index (χ0n) is 18.3. The number of nitrogens with zero attached hydrogens (tertiary/aromatic N) is 4. The monoisotopic (exact) mass is 431 g/mol. The summed E-state index contributed by atoms with van der Waals surface area (Å²) in [6.07, 6.45) is 0. The van der Waals surface area contributed by atoms with Crippen LogP contribution in [0.25, 0.3) is 16.4 Å². The molecule has 7 heteroatoms. The van der Waals surface area contributed by atoms with Crippen LogP contribution in [0.2, 0.25) is 0 Å². The Morgan fingerprint density at radius 2 is 1.77 bits per heavy atom. The largest absolute Gasteiger partial charge is 0.345 e. The first-order chi connectivity index (χ1) is 14.8. The van der Waals surface area contributed by atoms with E-state index in [-0.39, 0.29) is 11.9 Å². The Morgan fingerprint density at radius 1 is 1.03 bits per heavy atom. The Kier molecular flexibility index (Phi) is 5.69. The van der Waals surface area contributed by atoms with Crippen molar-refractivity contribution < 1.29 is 4.79 Å². The number of aryl methyl sites for hydroxylation is 3. The number of carbonyl (C=O) groups excluding carboxylic acids is 1. The molecule has 0 fully saturated rings. The second kappa shape index (κ2) is 8.43. The first kappa shape index (κ1) is 20.9. The molecule has 0 aliphatic heterocycles. The molecule has 0 saturated carbocycles. The number of hydrogen-bond donors (Lipinski definition) is 1. The van der Waals surface area contributed by atoms with Crippen molar-refractivity contribution in [3.8, 4) is 16.4 Å². The maximum atomic E-state index is 12.9. The summed E-state index contributed by atoms with van der Waals surface area (Å²) in [7, 11) is 0. The van der Waals surface area contributed by atoms with Gasteiger partial charge in [0, 0.05) is 0 Å². The van der Waals surface area contributed by atoms with E-state index in [4.69, 9.17) is 0 Å². The van der Waals surface area contributed by atoms with Gasteiger partial charge in [-0.3, -0.25) is 4.79 Å². The van der Waals surface area contributed by atoms with Gasteiger partial charge >= 0.3 is 0 Å². The molecule has 1 unspecified atom stereocenters. The van der Waals surface area contributed by atoms with Crippen LogP contribution >= 0.6 is 11.3 Å². The van der Waals surface area contributed by atoms with Crippen LogP contribution < -0.4 is 5.32 Å². The number of amides is 1. The molecule has 2 heterocycles. The van der Waals surface area contributed by atoms with Crippen molar-refractivity contribution >= 4 is 17.2 Å². The summed E-state index contributed by atoms with van der Waals surface area (Å²) in [6.45, 7) is 9.97. The number of rotatable bonds is 5. The lowest BCUT2D eigenvalue weighted by Crippen LogP contribution is -2.26. The highest BCUT2D eigenvalue weighted by Crippen LogP contribution is 2.30. The first-order valence-electron chi connectivity index (χ1n) is 10.2. The molecule has 0 bridgehead atoms. The van der Waals surface area contributed by atoms with Crippen LogP contribution in [0.4, 0.5) is 0 Å². The normalized spacial score (nSPS) is 12.0. The van der Waals surface area contributed by atoms with E-state index in [2.05, 4.69) is 46.6 Å². The Balaban J connectivity index is 1.60. The van der Waals surface area contributed by atoms with Crippen LogP contribution in [0, 0.1) is 27.7 Å². The van der Waals surface area contributed by atoms with Gasteiger partial charge in [-0.15, -0.1) is 16.4 Å². The standard InChI is InChI=1S/C24H25N5OS/c1-14-11-12-20(13-15(14)2)29-18(5)21(27-28-29)24-26-17(4)22(31-24)23(30)25-16(3)19-9-7-6-8-10-19/h6-13,16H,1-5H3,(H,25,30). The third-order valence-corrected chi connectivity index (χ3v) is 6.65. The smallest absolute Gasteiger partial charge is 0.263 e. The van der Waals surface area contributed by atoms with E-state index in [1.807, 2.05) is 61.9 Å². The van der Waals surface area contributed by atoms with Crippen molar-refractivity contribution in [3.63, 3.8) is 0 Å². The van der Waals surface area contributed by atoms with Crippen molar-refractivity contribution in [3.05, 3.63) is 81.5 Å². The van der Waals surface area contributed by atoms with Crippen molar-refractivity contribution in [1.82, 2.24) is 25.3 Å². The van der Waals surface area contributed by atoms with Crippen LogP contribution in [0.5, 0.6) is 0 Å². The molecular weight excluding hydrogens is 406 g/mol. The fourth-order valence-electron chi connectivity index (χ4n) is 3.42. The summed E-state index contributed by atoms with van der Waals surface area (Å²) in [6, 6.07) is 16.0. The van der Waals surface area contributed by atoms with Gasteiger partial charge in [-0.25, -0.2) is 9.67 Å². The molecule has 6 nitrogen and oxygen atoms in total. The number of benzene rings is 2. The van der Waals surface area contributed by atoms with Crippen LogP contribution in [0.1, 0.15) is 50.7 Å². The summed E-state index contributed by atoms with van der Waals surface area (Å²) in [5, 5.41) is 12.5. The lowest BCUT2D eigenvalue weighted by molar-refractivity contribution is 0.0943. The molecule has 4 aromatic rings. The minimum absolute atomic E-state index is 0.0916. The first-order valence-corrected chi connectivity index (χ1v) is 11.0. The van der Waals surface area contributed by atoms with Gasteiger partial charge in [-0.1, -0.05) is 41.6 Å². The van der Waals surface area contributed by atoms with Crippen LogP contribution in [0.3, 0.4) is 0 Å². The molecule has 4 rings (SSSR count). The fourth-order valence-corrected chi connectivity index (χ4v) is 4.43. The van der Waals surface area contributed by atoms with Gasteiger partial charge in [0.05, 0.1) is 23.1 Å². The molecule has 0 aliphatic rings. The zero-order chi connectivity index (χ0) is 22.1. The molecule has 0 radical (unpaired) electrons. The molecule has 2 aromatic carbocycles. The van der Waals surface area contributed by atoms with E-state index < -0.39 is 0 Å². The third-order valence-electron chi connectivity index (χ3n) is 5.48. The number of aromatic nitrogens is 4. The molecule has 1 amide bonds. The summed E-state index contributed by atoms with van der Waals surface area (Å²) >= 11 is 1.35. The minimum Gasteiger partial charge on any atom is -0.345 e. The van der Waals surface area contributed by atoms with E-state index in [1.165, 1.54) is 22.5 Å².